The van der Waals surface area contributed by atoms with Gasteiger partial charge in [-0.25, -0.2) is 0 Å². The number of hydrogen-bond donors (Lipinski definition) is 1. The lowest BCUT2D eigenvalue weighted by atomic mass is 10.0. The Kier molecular flexibility index (Phi) is 6.71. The molecule has 1 rings (SSSR count). The van der Waals surface area contributed by atoms with Crippen molar-refractivity contribution in [2.24, 2.45) is 5.73 Å². The minimum Gasteiger partial charge on any atom is -0.493 e. The van der Waals surface area contributed by atoms with Crippen LogP contribution in [0.5, 0.6) is 11.5 Å². The minimum absolute atomic E-state index is 0.163. The van der Waals surface area contributed by atoms with Crippen LogP contribution >= 0.6 is 0 Å². The molecule has 0 aliphatic carbocycles. The maximum Gasteiger partial charge on any atom is 0.164 e. The Morgan fingerprint density at radius 2 is 2.00 bits per heavy atom. The van der Waals surface area contributed by atoms with E-state index in [1.807, 2.05) is 12.1 Å². The molecule has 0 saturated heterocycles. The molecule has 2 unspecified atom stereocenters. The van der Waals surface area contributed by atoms with Crippen molar-refractivity contribution in [1.82, 2.24) is 0 Å². The highest BCUT2D eigenvalue weighted by atomic mass is 16.5. The summed E-state index contributed by atoms with van der Waals surface area (Å²) in [7, 11) is 1.68. The molecule has 0 fully saturated rings. The second-order valence-electron chi connectivity index (χ2n) is 5.04. The van der Waals surface area contributed by atoms with Crippen molar-refractivity contribution in [1.29, 1.82) is 0 Å². The standard InChI is InChI=1S/C16H27NO2/c1-5-8-12(3)19-16-13(11-14(17)6-2)9-7-10-15(16)18-4/h7,9-10,12,14H,5-6,8,11,17H2,1-4H3. The van der Waals surface area contributed by atoms with Gasteiger partial charge in [0.05, 0.1) is 13.2 Å². The van der Waals surface area contributed by atoms with Gasteiger partial charge in [0, 0.05) is 6.04 Å². The Bertz CT molecular complexity index is 379. The van der Waals surface area contributed by atoms with Crippen molar-refractivity contribution in [3.8, 4) is 11.5 Å². The minimum atomic E-state index is 0.163. The molecule has 19 heavy (non-hydrogen) atoms. The van der Waals surface area contributed by atoms with Crippen molar-refractivity contribution in [3.63, 3.8) is 0 Å². The van der Waals surface area contributed by atoms with Crippen LogP contribution in [0.25, 0.3) is 0 Å². The topological polar surface area (TPSA) is 44.5 Å². The first-order valence-electron chi connectivity index (χ1n) is 7.20. The molecule has 0 aliphatic heterocycles. The monoisotopic (exact) mass is 265 g/mol. The lowest BCUT2D eigenvalue weighted by molar-refractivity contribution is 0.198. The van der Waals surface area contributed by atoms with Crippen molar-refractivity contribution in [3.05, 3.63) is 23.8 Å². The van der Waals surface area contributed by atoms with Gasteiger partial charge in [0.1, 0.15) is 0 Å². The number of rotatable bonds is 8. The zero-order chi connectivity index (χ0) is 14.3. The molecule has 0 radical (unpaired) electrons. The van der Waals surface area contributed by atoms with Gasteiger partial charge in [-0.3, -0.25) is 0 Å². The molecule has 0 bridgehead atoms. The van der Waals surface area contributed by atoms with Crippen LogP contribution in [0.15, 0.2) is 18.2 Å². The fourth-order valence-electron chi connectivity index (χ4n) is 2.11. The van der Waals surface area contributed by atoms with Gasteiger partial charge in [0.25, 0.3) is 0 Å². The Morgan fingerprint density at radius 3 is 2.58 bits per heavy atom. The molecule has 2 N–H and O–H groups in total. The SMILES string of the molecule is CCCC(C)Oc1c(CC(N)CC)cccc1OC. The second kappa shape index (κ2) is 8.05. The number of hydrogen-bond acceptors (Lipinski definition) is 3. The molecule has 1 aromatic carbocycles. The molecule has 0 aliphatic rings. The van der Waals surface area contributed by atoms with Gasteiger partial charge in [-0.05, 0) is 37.8 Å². The van der Waals surface area contributed by atoms with E-state index < -0.39 is 0 Å². The van der Waals surface area contributed by atoms with Crippen LogP contribution in [-0.4, -0.2) is 19.3 Å². The van der Waals surface area contributed by atoms with E-state index in [4.69, 9.17) is 15.2 Å². The molecule has 0 amide bonds. The van der Waals surface area contributed by atoms with Crippen molar-refractivity contribution < 1.29 is 9.47 Å². The number of nitrogens with two attached hydrogens (primary N) is 1. The third-order valence-corrected chi connectivity index (χ3v) is 3.30. The average Bonchev–Trinajstić information content (AvgIpc) is 2.40. The first-order chi connectivity index (χ1) is 9.12. The normalized spacial score (nSPS) is 13.9. The van der Waals surface area contributed by atoms with Crippen LogP contribution in [-0.2, 0) is 6.42 Å². The van der Waals surface area contributed by atoms with Crippen molar-refractivity contribution >= 4 is 0 Å². The molecule has 0 spiro atoms. The third-order valence-electron chi connectivity index (χ3n) is 3.30. The first-order valence-corrected chi connectivity index (χ1v) is 7.20. The first kappa shape index (κ1) is 15.8. The lowest BCUT2D eigenvalue weighted by Crippen LogP contribution is -2.22. The molecule has 3 heteroatoms. The summed E-state index contributed by atoms with van der Waals surface area (Å²) >= 11 is 0. The average molecular weight is 265 g/mol. The summed E-state index contributed by atoms with van der Waals surface area (Å²) in [5, 5.41) is 0. The van der Waals surface area contributed by atoms with Gasteiger partial charge >= 0.3 is 0 Å². The Morgan fingerprint density at radius 1 is 1.26 bits per heavy atom. The zero-order valence-corrected chi connectivity index (χ0v) is 12.6. The molecule has 0 saturated carbocycles. The molecular formula is C16H27NO2. The maximum absolute atomic E-state index is 6.07. The summed E-state index contributed by atoms with van der Waals surface area (Å²) in [6.07, 6.45) is 4.12. The summed E-state index contributed by atoms with van der Waals surface area (Å²) < 4.78 is 11.5. The molecule has 108 valence electrons. The van der Waals surface area contributed by atoms with Gasteiger partial charge in [0.2, 0.25) is 0 Å². The summed E-state index contributed by atoms with van der Waals surface area (Å²) in [6, 6.07) is 6.17. The fraction of sp³-hybridized carbons (Fsp3) is 0.625. The van der Waals surface area contributed by atoms with Crippen LogP contribution in [0.2, 0.25) is 0 Å². The molecule has 0 aromatic heterocycles. The van der Waals surface area contributed by atoms with Gasteiger partial charge in [-0.2, -0.15) is 0 Å². The molecule has 2 atom stereocenters. The van der Waals surface area contributed by atoms with Crippen molar-refractivity contribution in [2.75, 3.05) is 7.11 Å². The summed E-state index contributed by atoms with van der Waals surface area (Å²) in [6.45, 7) is 6.36. The van der Waals surface area contributed by atoms with Crippen LogP contribution in [0.1, 0.15) is 45.6 Å². The van der Waals surface area contributed by atoms with E-state index in [0.717, 1.165) is 42.7 Å². The predicted octanol–water partition coefficient (Wildman–Crippen LogP) is 3.54. The van der Waals surface area contributed by atoms with Crippen LogP contribution in [0, 0.1) is 0 Å². The van der Waals surface area contributed by atoms with E-state index in [0.29, 0.717) is 0 Å². The quantitative estimate of drug-likeness (QED) is 0.782. The van der Waals surface area contributed by atoms with Gasteiger partial charge in [-0.1, -0.05) is 32.4 Å². The summed E-state index contributed by atoms with van der Waals surface area (Å²) in [5.74, 6) is 1.65. The Labute approximate surface area is 117 Å². The summed E-state index contributed by atoms with van der Waals surface area (Å²) in [4.78, 5) is 0. The number of ether oxygens (including phenoxy) is 2. The van der Waals surface area contributed by atoms with Crippen molar-refractivity contribution in [2.45, 2.75) is 58.6 Å². The highest BCUT2D eigenvalue weighted by molar-refractivity contribution is 5.47. The molecule has 1 aromatic rings. The van der Waals surface area contributed by atoms with E-state index >= 15 is 0 Å². The van der Waals surface area contributed by atoms with Gasteiger partial charge < -0.3 is 15.2 Å². The van der Waals surface area contributed by atoms with Crippen LogP contribution < -0.4 is 15.2 Å². The Balaban J connectivity index is 2.95. The zero-order valence-electron chi connectivity index (χ0n) is 12.6. The van der Waals surface area contributed by atoms with Gasteiger partial charge in [0.15, 0.2) is 11.5 Å². The highest BCUT2D eigenvalue weighted by Gasteiger charge is 2.15. The van der Waals surface area contributed by atoms with Crippen LogP contribution in [0.3, 0.4) is 0 Å². The number of methoxy groups -OCH3 is 1. The fourth-order valence-corrected chi connectivity index (χ4v) is 2.11. The van der Waals surface area contributed by atoms with E-state index in [9.17, 15) is 0 Å². The third kappa shape index (κ3) is 4.75. The Hall–Kier alpha value is -1.22. The lowest BCUT2D eigenvalue weighted by Gasteiger charge is -2.20. The second-order valence-corrected chi connectivity index (χ2v) is 5.04. The largest absolute Gasteiger partial charge is 0.493 e. The number of benzene rings is 1. The smallest absolute Gasteiger partial charge is 0.164 e. The highest BCUT2D eigenvalue weighted by Crippen LogP contribution is 2.33. The van der Waals surface area contributed by atoms with E-state index in [-0.39, 0.29) is 12.1 Å². The van der Waals surface area contributed by atoms with E-state index in [1.165, 1.54) is 0 Å². The maximum atomic E-state index is 6.07. The summed E-state index contributed by atoms with van der Waals surface area (Å²) in [5.41, 5.74) is 7.19. The van der Waals surface area contributed by atoms with Crippen LogP contribution in [0.4, 0.5) is 0 Å². The van der Waals surface area contributed by atoms with E-state index in [1.54, 1.807) is 7.11 Å². The predicted molar refractivity (Wildman–Crippen MR) is 80.0 cm³/mol. The molecule has 0 heterocycles. The number of para-hydroxylation sites is 1. The van der Waals surface area contributed by atoms with E-state index in [2.05, 4.69) is 26.8 Å². The molecular weight excluding hydrogens is 238 g/mol. The van der Waals surface area contributed by atoms with Gasteiger partial charge in [-0.15, -0.1) is 0 Å². The molecule has 3 nitrogen and oxygen atoms in total.